The van der Waals surface area contributed by atoms with Crippen LogP contribution in [-0.4, -0.2) is 73.8 Å². The first-order valence-corrected chi connectivity index (χ1v) is 10.7. The van der Waals surface area contributed by atoms with Crippen LogP contribution in [0.1, 0.15) is 33.9 Å². The van der Waals surface area contributed by atoms with E-state index < -0.39 is 66.6 Å². The van der Waals surface area contributed by atoms with E-state index in [-0.39, 0.29) is 23.7 Å². The number of nitrogens with zero attached hydrogens (tertiary/aromatic N) is 4. The van der Waals surface area contributed by atoms with Gasteiger partial charge in [-0.2, -0.15) is 18.2 Å². The standard InChI is InChI=1S/C20H23F4N5O8/c1-7(34-8(2)30)6-28-11-5-26-18(25)27-16(11)29(19(28)33)17-14(35-9(3)31)12(21)13(37-17)15(20(22,23)24)36-10(4)32/h5,7,12-15,17H,6H2,1-4H3,(H2,25,26,27)/t7?,12?,13?,14?,15-,17?/m1/s1. The number of alkyl halides is 4. The lowest BCUT2D eigenvalue weighted by atomic mass is 10.1. The Balaban J connectivity index is 2.17. The van der Waals surface area contributed by atoms with Crippen molar-refractivity contribution in [1.82, 2.24) is 19.1 Å². The normalized spacial score (nSPS) is 23.5. The maximum atomic E-state index is 15.4. The van der Waals surface area contributed by atoms with Crippen LogP contribution in [0.3, 0.4) is 0 Å². The molecule has 204 valence electrons. The fourth-order valence-corrected chi connectivity index (χ4v) is 3.97. The van der Waals surface area contributed by atoms with Crippen LogP contribution in [0.4, 0.5) is 23.5 Å². The topological polar surface area (TPSA) is 167 Å². The summed E-state index contributed by atoms with van der Waals surface area (Å²) in [4.78, 5) is 55.4. The number of fused-ring (bicyclic) bond motifs is 1. The van der Waals surface area contributed by atoms with Gasteiger partial charge in [-0.15, -0.1) is 0 Å². The van der Waals surface area contributed by atoms with E-state index in [9.17, 15) is 32.3 Å². The minimum atomic E-state index is -5.28. The molecule has 1 aliphatic rings. The average molecular weight is 537 g/mol. The number of anilines is 1. The van der Waals surface area contributed by atoms with Crippen molar-refractivity contribution in [2.45, 2.75) is 77.2 Å². The first kappa shape index (κ1) is 27.8. The summed E-state index contributed by atoms with van der Waals surface area (Å²) in [6.45, 7) is 3.90. The van der Waals surface area contributed by atoms with Gasteiger partial charge in [0.2, 0.25) is 12.1 Å². The van der Waals surface area contributed by atoms with Gasteiger partial charge in [-0.25, -0.2) is 18.7 Å². The first-order valence-electron chi connectivity index (χ1n) is 10.7. The van der Waals surface area contributed by atoms with Gasteiger partial charge < -0.3 is 24.7 Å². The van der Waals surface area contributed by atoms with Gasteiger partial charge >= 0.3 is 29.8 Å². The quantitative estimate of drug-likeness (QED) is 0.301. The van der Waals surface area contributed by atoms with Crippen LogP contribution in [-0.2, 0) is 39.9 Å². The highest BCUT2D eigenvalue weighted by Gasteiger charge is 2.60. The van der Waals surface area contributed by atoms with Crippen LogP contribution >= 0.6 is 0 Å². The molecule has 37 heavy (non-hydrogen) atoms. The van der Waals surface area contributed by atoms with Crippen LogP contribution in [0.5, 0.6) is 0 Å². The number of rotatable bonds is 7. The number of esters is 3. The number of nitrogen functional groups attached to an aromatic ring is 1. The highest BCUT2D eigenvalue weighted by Crippen LogP contribution is 2.41. The predicted molar refractivity (Wildman–Crippen MR) is 113 cm³/mol. The highest BCUT2D eigenvalue weighted by molar-refractivity contribution is 5.72. The minimum absolute atomic E-state index is 0.0189. The molecule has 0 bridgehead atoms. The zero-order valence-electron chi connectivity index (χ0n) is 19.9. The maximum absolute atomic E-state index is 15.4. The molecular formula is C20H23F4N5O8. The van der Waals surface area contributed by atoms with Gasteiger partial charge in [0, 0.05) is 20.8 Å². The monoisotopic (exact) mass is 537 g/mol. The Kier molecular flexibility index (Phi) is 7.75. The van der Waals surface area contributed by atoms with Crippen molar-refractivity contribution < 1.29 is 50.9 Å². The molecule has 2 aromatic rings. The van der Waals surface area contributed by atoms with Gasteiger partial charge in [0.1, 0.15) is 17.7 Å². The van der Waals surface area contributed by atoms with Crippen LogP contribution in [0.25, 0.3) is 11.2 Å². The van der Waals surface area contributed by atoms with E-state index in [0.29, 0.717) is 11.5 Å². The molecule has 3 heterocycles. The fraction of sp³-hybridized carbons (Fsp3) is 0.600. The Labute approximate surface area is 205 Å². The van der Waals surface area contributed by atoms with Crippen molar-refractivity contribution in [3.05, 3.63) is 16.7 Å². The van der Waals surface area contributed by atoms with Crippen LogP contribution < -0.4 is 11.4 Å². The van der Waals surface area contributed by atoms with E-state index in [2.05, 4.69) is 14.7 Å². The zero-order valence-corrected chi connectivity index (χ0v) is 19.9. The second-order valence-electron chi connectivity index (χ2n) is 8.20. The van der Waals surface area contributed by atoms with E-state index in [1.54, 1.807) is 0 Å². The summed E-state index contributed by atoms with van der Waals surface area (Å²) in [5.41, 5.74) is 4.31. The number of halogens is 4. The molecule has 17 heteroatoms. The van der Waals surface area contributed by atoms with Crippen molar-refractivity contribution in [1.29, 1.82) is 0 Å². The number of nitrogens with two attached hydrogens (primary N) is 1. The molecule has 0 amide bonds. The van der Waals surface area contributed by atoms with E-state index in [0.717, 1.165) is 24.6 Å². The Morgan fingerprint density at radius 1 is 1.16 bits per heavy atom. The van der Waals surface area contributed by atoms with E-state index in [1.165, 1.54) is 6.92 Å². The molecular weight excluding hydrogens is 514 g/mol. The molecule has 0 saturated carbocycles. The number of ether oxygens (including phenoxy) is 4. The predicted octanol–water partition coefficient (Wildman–Crippen LogP) is 0.788. The fourth-order valence-electron chi connectivity index (χ4n) is 3.97. The molecule has 3 rings (SSSR count). The molecule has 2 N–H and O–H groups in total. The third-order valence-corrected chi connectivity index (χ3v) is 5.21. The lowest BCUT2D eigenvalue weighted by Gasteiger charge is -2.26. The second kappa shape index (κ2) is 10.3. The smallest absolute Gasteiger partial charge is 0.428 e. The van der Waals surface area contributed by atoms with Crippen LogP contribution in [0.15, 0.2) is 11.0 Å². The van der Waals surface area contributed by atoms with E-state index in [1.807, 2.05) is 0 Å². The Hall–Kier alpha value is -3.76. The third-order valence-electron chi connectivity index (χ3n) is 5.21. The van der Waals surface area contributed by atoms with Gasteiger partial charge in [0.25, 0.3) is 0 Å². The van der Waals surface area contributed by atoms with Gasteiger partial charge in [-0.1, -0.05) is 0 Å². The summed E-state index contributed by atoms with van der Waals surface area (Å²) < 4.78 is 77.6. The van der Waals surface area contributed by atoms with Crippen molar-refractivity contribution in [2.24, 2.45) is 0 Å². The van der Waals surface area contributed by atoms with Crippen molar-refractivity contribution in [3.8, 4) is 0 Å². The van der Waals surface area contributed by atoms with Crippen molar-refractivity contribution in [2.75, 3.05) is 5.73 Å². The molecule has 1 aliphatic heterocycles. The lowest BCUT2D eigenvalue weighted by Crippen LogP contribution is -2.47. The van der Waals surface area contributed by atoms with Crippen LogP contribution in [0.2, 0.25) is 0 Å². The van der Waals surface area contributed by atoms with Gasteiger partial charge in [0.05, 0.1) is 12.7 Å². The molecule has 5 unspecified atom stereocenters. The lowest BCUT2D eigenvalue weighted by molar-refractivity contribution is -0.252. The third kappa shape index (κ3) is 5.81. The van der Waals surface area contributed by atoms with Crippen LogP contribution in [0, 0.1) is 0 Å². The molecule has 0 aromatic carbocycles. The first-order chi connectivity index (χ1) is 17.1. The van der Waals surface area contributed by atoms with Gasteiger partial charge in [-0.3, -0.25) is 19.0 Å². The highest BCUT2D eigenvalue weighted by atomic mass is 19.4. The Bertz CT molecular complexity index is 1260. The van der Waals surface area contributed by atoms with Gasteiger partial charge in [-0.05, 0) is 6.92 Å². The average Bonchev–Trinajstić information content (AvgIpc) is 3.18. The summed E-state index contributed by atoms with van der Waals surface area (Å²) in [6, 6.07) is 0. The molecule has 1 fully saturated rings. The van der Waals surface area contributed by atoms with E-state index in [4.69, 9.17) is 19.9 Å². The number of hydrogen-bond donors (Lipinski definition) is 1. The second-order valence-corrected chi connectivity index (χ2v) is 8.20. The van der Waals surface area contributed by atoms with Crippen molar-refractivity contribution >= 4 is 35.0 Å². The van der Waals surface area contributed by atoms with E-state index >= 15 is 4.39 Å². The number of aromatic nitrogens is 4. The maximum Gasteiger partial charge on any atom is 0.428 e. The molecule has 6 atom stereocenters. The molecule has 0 radical (unpaired) electrons. The Morgan fingerprint density at radius 2 is 1.78 bits per heavy atom. The van der Waals surface area contributed by atoms with Crippen molar-refractivity contribution in [3.63, 3.8) is 0 Å². The minimum Gasteiger partial charge on any atom is -0.461 e. The zero-order chi connectivity index (χ0) is 27.8. The number of carbonyl (C=O) groups excluding carboxylic acids is 3. The molecule has 2 aromatic heterocycles. The summed E-state index contributed by atoms with van der Waals surface area (Å²) >= 11 is 0. The number of carbonyl (C=O) groups is 3. The summed E-state index contributed by atoms with van der Waals surface area (Å²) in [5, 5.41) is 0. The number of hydrogen-bond acceptors (Lipinski definition) is 11. The largest absolute Gasteiger partial charge is 0.461 e. The Morgan fingerprint density at radius 3 is 2.32 bits per heavy atom. The molecule has 13 nitrogen and oxygen atoms in total. The number of imidazole rings is 1. The SMILES string of the molecule is CC(=O)OC(C)Cn1c(=O)n(C2OC([C@@H](OC(C)=O)C(F)(F)F)C(F)C2OC(C)=O)c2nc(N)ncc21. The summed E-state index contributed by atoms with van der Waals surface area (Å²) in [7, 11) is 0. The molecule has 0 aliphatic carbocycles. The summed E-state index contributed by atoms with van der Waals surface area (Å²) in [6.07, 6.45) is -17.4. The molecule has 1 saturated heterocycles. The van der Waals surface area contributed by atoms with Gasteiger partial charge in [0.15, 0.2) is 24.2 Å². The summed E-state index contributed by atoms with van der Waals surface area (Å²) in [5.74, 6) is -3.47. The molecule has 0 spiro atoms.